The Balaban J connectivity index is 2.07. The predicted octanol–water partition coefficient (Wildman–Crippen LogP) is 3.45. The molecule has 8 nitrogen and oxygen atoms in total. The Hall–Kier alpha value is -3.86. The van der Waals surface area contributed by atoms with Crippen molar-refractivity contribution in [1.82, 2.24) is 10.6 Å². The second-order valence-corrected chi connectivity index (χ2v) is 7.49. The van der Waals surface area contributed by atoms with Crippen molar-refractivity contribution >= 4 is 23.5 Å². The molecule has 31 heavy (non-hydrogen) atoms. The quantitative estimate of drug-likeness (QED) is 0.602. The smallest absolute Gasteiger partial charge is 0.326 e. The average Bonchev–Trinajstić information content (AvgIpc) is 2.76. The fraction of sp³-hybridized carbons (Fsp3) is 0.304. The fourth-order valence-corrected chi connectivity index (χ4v) is 2.59. The third kappa shape index (κ3) is 6.57. The van der Waals surface area contributed by atoms with Gasteiger partial charge in [0.05, 0.1) is 11.1 Å². The molecule has 0 saturated carbocycles. The maximum atomic E-state index is 12.3. The highest BCUT2D eigenvalue weighted by Crippen LogP contribution is 2.27. The molecular weight excluding hydrogens is 396 g/mol. The number of hydrogen-bond acceptors (Lipinski definition) is 5. The van der Waals surface area contributed by atoms with Crippen LogP contribution in [0.4, 0.5) is 10.5 Å². The van der Waals surface area contributed by atoms with E-state index < -0.39 is 17.4 Å². The summed E-state index contributed by atoms with van der Waals surface area (Å²) in [6.45, 7) is 6.07. The van der Waals surface area contributed by atoms with Crippen LogP contribution in [0.5, 0.6) is 5.75 Å². The average molecular weight is 422 g/mol. The highest BCUT2D eigenvalue weighted by Gasteiger charge is 2.29. The minimum atomic E-state index is -0.815. The van der Waals surface area contributed by atoms with Crippen molar-refractivity contribution in [2.75, 3.05) is 18.5 Å². The Morgan fingerprint density at radius 1 is 1.06 bits per heavy atom. The number of urea groups is 1. The molecule has 0 aromatic heterocycles. The maximum Gasteiger partial charge on any atom is 0.326 e. The van der Waals surface area contributed by atoms with E-state index in [4.69, 9.17) is 4.74 Å². The van der Waals surface area contributed by atoms with Crippen LogP contribution in [0.3, 0.4) is 0 Å². The standard InChI is InChI=1S/C23H26N4O4/c1-4-13-25-21(29)23(2,3)15-31-19-12-8-11-18(17(19)14-24)26-22(30)27-20(28)16-9-6-5-7-10-16/h5-12H,4,13,15H2,1-3H3,(H,25,29)(H2,26,27,28,30). The van der Waals surface area contributed by atoms with Crippen molar-refractivity contribution in [3.8, 4) is 11.8 Å². The molecule has 2 aromatic rings. The van der Waals surface area contributed by atoms with Gasteiger partial charge in [0.25, 0.3) is 5.91 Å². The molecule has 0 aliphatic rings. The molecule has 0 heterocycles. The lowest BCUT2D eigenvalue weighted by Gasteiger charge is -2.24. The number of nitriles is 1. The molecule has 4 amide bonds. The Morgan fingerprint density at radius 3 is 2.42 bits per heavy atom. The molecule has 3 N–H and O–H groups in total. The second-order valence-electron chi connectivity index (χ2n) is 7.49. The third-order valence-electron chi connectivity index (χ3n) is 4.39. The molecule has 8 heteroatoms. The molecule has 0 spiro atoms. The Labute approximate surface area is 181 Å². The molecule has 2 aromatic carbocycles. The Morgan fingerprint density at radius 2 is 1.77 bits per heavy atom. The largest absolute Gasteiger partial charge is 0.491 e. The van der Waals surface area contributed by atoms with Crippen LogP contribution in [0.1, 0.15) is 43.1 Å². The van der Waals surface area contributed by atoms with Crippen LogP contribution in [0.2, 0.25) is 0 Å². The minimum absolute atomic E-state index is 0.0410. The lowest BCUT2D eigenvalue weighted by atomic mass is 9.93. The number of nitrogens with zero attached hydrogens (tertiary/aromatic N) is 1. The zero-order valence-corrected chi connectivity index (χ0v) is 17.8. The number of nitrogens with one attached hydrogen (secondary N) is 3. The number of imide groups is 1. The summed E-state index contributed by atoms with van der Waals surface area (Å²) in [5.41, 5.74) is -0.204. The van der Waals surface area contributed by atoms with Gasteiger partial charge in [-0.3, -0.25) is 14.9 Å². The molecule has 0 aliphatic heterocycles. The van der Waals surface area contributed by atoms with Gasteiger partial charge < -0.3 is 15.4 Å². The third-order valence-corrected chi connectivity index (χ3v) is 4.39. The molecule has 0 unspecified atom stereocenters. The van der Waals surface area contributed by atoms with Crippen LogP contribution < -0.4 is 20.7 Å². The van der Waals surface area contributed by atoms with Gasteiger partial charge in [0.2, 0.25) is 5.91 Å². The normalized spacial score (nSPS) is 10.5. The number of rotatable bonds is 8. The van der Waals surface area contributed by atoms with E-state index in [0.29, 0.717) is 12.1 Å². The topological polar surface area (TPSA) is 120 Å². The molecule has 0 aliphatic carbocycles. The van der Waals surface area contributed by atoms with Gasteiger partial charge in [0.15, 0.2) is 0 Å². The summed E-state index contributed by atoms with van der Waals surface area (Å²) in [5.74, 6) is -0.490. The van der Waals surface area contributed by atoms with Crippen LogP contribution in [-0.4, -0.2) is 31.0 Å². The Bertz CT molecular complexity index is 981. The summed E-state index contributed by atoms with van der Waals surface area (Å²) in [6, 6.07) is 14.2. The lowest BCUT2D eigenvalue weighted by molar-refractivity contribution is -0.130. The summed E-state index contributed by atoms with van der Waals surface area (Å²) < 4.78 is 5.74. The molecule has 162 valence electrons. The number of benzene rings is 2. The molecule has 0 bridgehead atoms. The maximum absolute atomic E-state index is 12.3. The second kappa shape index (κ2) is 10.8. The summed E-state index contributed by atoms with van der Waals surface area (Å²) >= 11 is 0. The first-order valence-electron chi connectivity index (χ1n) is 9.90. The van der Waals surface area contributed by atoms with Crippen molar-refractivity contribution < 1.29 is 19.1 Å². The number of carbonyl (C=O) groups is 3. The van der Waals surface area contributed by atoms with Crippen molar-refractivity contribution in [3.63, 3.8) is 0 Å². The van der Waals surface area contributed by atoms with Crippen LogP contribution >= 0.6 is 0 Å². The lowest BCUT2D eigenvalue weighted by Crippen LogP contribution is -2.41. The zero-order valence-electron chi connectivity index (χ0n) is 17.8. The summed E-state index contributed by atoms with van der Waals surface area (Å²) in [5, 5.41) is 17.1. The predicted molar refractivity (Wildman–Crippen MR) is 117 cm³/mol. The number of hydrogen-bond donors (Lipinski definition) is 3. The van der Waals surface area contributed by atoms with Crippen LogP contribution in [0, 0.1) is 16.7 Å². The number of ether oxygens (including phenoxy) is 1. The van der Waals surface area contributed by atoms with E-state index in [1.807, 2.05) is 13.0 Å². The van der Waals surface area contributed by atoms with Crippen molar-refractivity contribution in [2.24, 2.45) is 5.41 Å². The zero-order chi connectivity index (χ0) is 22.9. The van der Waals surface area contributed by atoms with Crippen molar-refractivity contribution in [2.45, 2.75) is 27.2 Å². The molecule has 0 saturated heterocycles. The van der Waals surface area contributed by atoms with E-state index in [-0.39, 0.29) is 29.5 Å². The van der Waals surface area contributed by atoms with Gasteiger partial charge in [-0.15, -0.1) is 0 Å². The van der Waals surface area contributed by atoms with Gasteiger partial charge in [-0.2, -0.15) is 5.26 Å². The van der Waals surface area contributed by atoms with Crippen molar-refractivity contribution in [3.05, 3.63) is 59.7 Å². The van der Waals surface area contributed by atoms with E-state index in [9.17, 15) is 19.6 Å². The first kappa shape index (κ1) is 23.4. The van der Waals surface area contributed by atoms with Crippen LogP contribution in [-0.2, 0) is 4.79 Å². The number of carbonyl (C=O) groups excluding carboxylic acids is 3. The molecular formula is C23H26N4O4. The SMILES string of the molecule is CCCNC(=O)C(C)(C)COc1cccc(NC(=O)NC(=O)c2ccccc2)c1C#N. The number of anilines is 1. The highest BCUT2D eigenvalue weighted by molar-refractivity contribution is 6.08. The monoisotopic (exact) mass is 422 g/mol. The summed E-state index contributed by atoms with van der Waals surface area (Å²) in [6.07, 6.45) is 0.823. The van der Waals surface area contributed by atoms with E-state index in [1.165, 1.54) is 6.07 Å². The van der Waals surface area contributed by atoms with Gasteiger partial charge in [-0.05, 0) is 44.5 Å². The van der Waals surface area contributed by atoms with Gasteiger partial charge in [0, 0.05) is 12.1 Å². The van der Waals surface area contributed by atoms with Gasteiger partial charge >= 0.3 is 6.03 Å². The molecule has 0 fully saturated rings. The van der Waals surface area contributed by atoms with Gasteiger partial charge in [-0.25, -0.2) is 4.79 Å². The Kier molecular flexibility index (Phi) is 8.15. The summed E-state index contributed by atoms with van der Waals surface area (Å²) in [4.78, 5) is 36.6. The molecule has 2 rings (SSSR count). The first-order valence-corrected chi connectivity index (χ1v) is 9.90. The molecule has 0 atom stereocenters. The van der Waals surface area contributed by atoms with Gasteiger partial charge in [-0.1, -0.05) is 31.2 Å². The van der Waals surface area contributed by atoms with E-state index in [1.54, 1.807) is 56.3 Å². The van der Waals surface area contributed by atoms with Crippen LogP contribution in [0.25, 0.3) is 0 Å². The minimum Gasteiger partial charge on any atom is -0.491 e. The van der Waals surface area contributed by atoms with E-state index in [2.05, 4.69) is 16.0 Å². The first-order chi connectivity index (χ1) is 14.8. The van der Waals surface area contributed by atoms with Crippen molar-refractivity contribution in [1.29, 1.82) is 5.26 Å². The fourth-order valence-electron chi connectivity index (χ4n) is 2.59. The van der Waals surface area contributed by atoms with E-state index in [0.717, 1.165) is 6.42 Å². The van der Waals surface area contributed by atoms with Crippen LogP contribution in [0.15, 0.2) is 48.5 Å². The highest BCUT2D eigenvalue weighted by atomic mass is 16.5. The van der Waals surface area contributed by atoms with E-state index >= 15 is 0 Å². The van der Waals surface area contributed by atoms with Gasteiger partial charge in [0.1, 0.15) is 24.0 Å². The number of amides is 4. The summed E-state index contributed by atoms with van der Waals surface area (Å²) in [7, 11) is 0. The molecule has 0 radical (unpaired) electrons.